The van der Waals surface area contributed by atoms with Crippen LogP contribution in [0, 0.1) is 0 Å². The zero-order valence-electron chi connectivity index (χ0n) is 7.42. The molecule has 1 aliphatic heterocycles. The van der Waals surface area contributed by atoms with Crippen molar-refractivity contribution in [3.8, 4) is 5.75 Å². The van der Waals surface area contributed by atoms with Crippen molar-refractivity contribution in [2.45, 2.75) is 12.8 Å². The third kappa shape index (κ3) is 1.04. The molecule has 64 valence electrons. The molecular weight excluding hydrogens is 150 g/mol. The molecule has 2 nitrogen and oxygen atoms in total. The molecule has 0 bridgehead atoms. The van der Waals surface area contributed by atoms with Gasteiger partial charge in [0.1, 0.15) is 5.75 Å². The number of fused-ring (bicyclic) bond motifs is 1. The van der Waals surface area contributed by atoms with Crippen molar-refractivity contribution in [1.29, 1.82) is 0 Å². The molecule has 0 amide bonds. The lowest BCUT2D eigenvalue weighted by atomic mass is 10.0. The van der Waals surface area contributed by atoms with Gasteiger partial charge in [-0.3, -0.25) is 0 Å². The SMILES string of the molecule is CNc1ccc2c(c1)OCC2C. The van der Waals surface area contributed by atoms with Gasteiger partial charge in [0.05, 0.1) is 6.61 Å². The zero-order chi connectivity index (χ0) is 8.55. The van der Waals surface area contributed by atoms with Crippen molar-refractivity contribution < 1.29 is 4.74 Å². The highest BCUT2D eigenvalue weighted by atomic mass is 16.5. The van der Waals surface area contributed by atoms with Crippen LogP contribution < -0.4 is 10.1 Å². The summed E-state index contributed by atoms with van der Waals surface area (Å²) in [6.07, 6.45) is 0. The van der Waals surface area contributed by atoms with Crippen LogP contribution in [0.3, 0.4) is 0 Å². The first-order valence-electron chi connectivity index (χ1n) is 4.26. The molecule has 0 spiro atoms. The van der Waals surface area contributed by atoms with Crippen molar-refractivity contribution in [1.82, 2.24) is 0 Å². The summed E-state index contributed by atoms with van der Waals surface area (Å²) < 4.78 is 5.51. The second-order valence-electron chi connectivity index (χ2n) is 3.21. The van der Waals surface area contributed by atoms with Gasteiger partial charge in [0.2, 0.25) is 0 Å². The zero-order valence-corrected chi connectivity index (χ0v) is 7.42. The fourth-order valence-electron chi connectivity index (χ4n) is 1.53. The van der Waals surface area contributed by atoms with Gasteiger partial charge in [0.25, 0.3) is 0 Å². The highest BCUT2D eigenvalue weighted by Crippen LogP contribution is 2.35. The Morgan fingerprint density at radius 3 is 3.08 bits per heavy atom. The lowest BCUT2D eigenvalue weighted by Crippen LogP contribution is -1.93. The van der Waals surface area contributed by atoms with Crippen LogP contribution in [0.1, 0.15) is 18.4 Å². The summed E-state index contributed by atoms with van der Waals surface area (Å²) >= 11 is 0. The van der Waals surface area contributed by atoms with Crippen LogP contribution in [0.4, 0.5) is 5.69 Å². The summed E-state index contributed by atoms with van der Waals surface area (Å²) in [5.74, 6) is 1.58. The smallest absolute Gasteiger partial charge is 0.124 e. The van der Waals surface area contributed by atoms with Crippen molar-refractivity contribution in [2.24, 2.45) is 0 Å². The minimum atomic E-state index is 0.547. The summed E-state index contributed by atoms with van der Waals surface area (Å²) in [6.45, 7) is 3.01. The molecule has 0 saturated heterocycles. The van der Waals surface area contributed by atoms with Crippen molar-refractivity contribution in [2.75, 3.05) is 19.0 Å². The molecule has 1 N–H and O–H groups in total. The first-order valence-corrected chi connectivity index (χ1v) is 4.26. The van der Waals surface area contributed by atoms with Crippen molar-refractivity contribution in [3.63, 3.8) is 0 Å². The third-order valence-corrected chi connectivity index (χ3v) is 2.32. The Morgan fingerprint density at radius 2 is 2.33 bits per heavy atom. The number of ether oxygens (including phenoxy) is 1. The average Bonchev–Trinajstić information content (AvgIpc) is 2.47. The molecule has 2 heteroatoms. The minimum absolute atomic E-state index is 0.547. The van der Waals surface area contributed by atoms with E-state index in [1.165, 1.54) is 5.56 Å². The average molecular weight is 163 g/mol. The second-order valence-corrected chi connectivity index (χ2v) is 3.21. The van der Waals surface area contributed by atoms with Gasteiger partial charge >= 0.3 is 0 Å². The van der Waals surface area contributed by atoms with Crippen molar-refractivity contribution in [3.05, 3.63) is 23.8 Å². The highest BCUT2D eigenvalue weighted by molar-refractivity contribution is 5.53. The van der Waals surface area contributed by atoms with Gasteiger partial charge < -0.3 is 10.1 Å². The van der Waals surface area contributed by atoms with E-state index < -0.39 is 0 Å². The number of anilines is 1. The van der Waals surface area contributed by atoms with Crippen LogP contribution in [0.15, 0.2) is 18.2 Å². The predicted molar refractivity (Wildman–Crippen MR) is 49.9 cm³/mol. The lowest BCUT2D eigenvalue weighted by molar-refractivity contribution is 0.337. The Bertz CT molecular complexity index is 296. The van der Waals surface area contributed by atoms with Crippen LogP contribution in [0.2, 0.25) is 0 Å². The van der Waals surface area contributed by atoms with Crippen LogP contribution in [0.5, 0.6) is 5.75 Å². The lowest BCUT2D eigenvalue weighted by Gasteiger charge is -2.03. The normalized spacial score (nSPS) is 20.0. The van der Waals surface area contributed by atoms with E-state index in [0.29, 0.717) is 5.92 Å². The van der Waals surface area contributed by atoms with Crippen molar-refractivity contribution >= 4 is 5.69 Å². The van der Waals surface area contributed by atoms with E-state index in [2.05, 4.69) is 30.4 Å². The predicted octanol–water partition coefficient (Wildman–Crippen LogP) is 2.22. The summed E-state index contributed by atoms with van der Waals surface area (Å²) in [4.78, 5) is 0. The van der Waals surface area contributed by atoms with Gasteiger partial charge in [0, 0.05) is 30.3 Å². The molecule has 1 heterocycles. The van der Waals surface area contributed by atoms with Gasteiger partial charge in [-0.15, -0.1) is 0 Å². The third-order valence-electron chi connectivity index (χ3n) is 2.32. The van der Waals surface area contributed by atoms with E-state index in [1.54, 1.807) is 0 Å². The molecule has 12 heavy (non-hydrogen) atoms. The maximum Gasteiger partial charge on any atom is 0.124 e. The molecular formula is C10H13NO. The van der Waals surface area contributed by atoms with E-state index in [-0.39, 0.29) is 0 Å². The largest absolute Gasteiger partial charge is 0.493 e. The van der Waals surface area contributed by atoms with E-state index in [4.69, 9.17) is 4.74 Å². The Morgan fingerprint density at radius 1 is 1.50 bits per heavy atom. The Labute approximate surface area is 72.5 Å². The Balaban J connectivity index is 2.41. The van der Waals surface area contributed by atoms with Crippen LogP contribution in [-0.4, -0.2) is 13.7 Å². The number of nitrogens with one attached hydrogen (secondary N) is 1. The highest BCUT2D eigenvalue weighted by Gasteiger charge is 2.19. The Kier molecular flexibility index (Phi) is 1.68. The molecule has 0 saturated carbocycles. The quantitative estimate of drug-likeness (QED) is 0.685. The van der Waals surface area contributed by atoms with E-state index >= 15 is 0 Å². The molecule has 1 aromatic rings. The molecule has 2 rings (SSSR count). The van der Waals surface area contributed by atoms with Crippen LogP contribution in [-0.2, 0) is 0 Å². The fraction of sp³-hybridized carbons (Fsp3) is 0.400. The summed E-state index contributed by atoms with van der Waals surface area (Å²) in [5.41, 5.74) is 2.44. The standard InChI is InChI=1S/C10H13NO/c1-7-6-12-10-5-8(11-2)3-4-9(7)10/h3-5,7,11H,6H2,1-2H3. The van der Waals surface area contributed by atoms with Gasteiger partial charge in [-0.25, -0.2) is 0 Å². The molecule has 1 unspecified atom stereocenters. The topological polar surface area (TPSA) is 21.3 Å². The van der Waals surface area contributed by atoms with E-state index in [1.807, 2.05) is 7.05 Å². The van der Waals surface area contributed by atoms with Gasteiger partial charge in [-0.05, 0) is 6.07 Å². The summed E-state index contributed by atoms with van der Waals surface area (Å²) in [7, 11) is 1.92. The molecule has 0 fully saturated rings. The molecule has 0 radical (unpaired) electrons. The molecule has 0 aliphatic carbocycles. The molecule has 1 aliphatic rings. The second kappa shape index (κ2) is 2.70. The minimum Gasteiger partial charge on any atom is -0.493 e. The summed E-state index contributed by atoms with van der Waals surface area (Å²) in [6, 6.07) is 6.28. The molecule has 0 aromatic heterocycles. The van der Waals surface area contributed by atoms with Crippen LogP contribution >= 0.6 is 0 Å². The van der Waals surface area contributed by atoms with Gasteiger partial charge in [-0.2, -0.15) is 0 Å². The molecule has 1 atom stereocenters. The monoisotopic (exact) mass is 163 g/mol. The number of rotatable bonds is 1. The van der Waals surface area contributed by atoms with Gasteiger partial charge in [0.15, 0.2) is 0 Å². The number of hydrogen-bond acceptors (Lipinski definition) is 2. The number of hydrogen-bond donors (Lipinski definition) is 1. The fourth-order valence-corrected chi connectivity index (χ4v) is 1.53. The maximum atomic E-state index is 5.51. The number of benzene rings is 1. The first-order chi connectivity index (χ1) is 5.81. The first kappa shape index (κ1) is 7.47. The van der Waals surface area contributed by atoms with Gasteiger partial charge in [-0.1, -0.05) is 13.0 Å². The van der Waals surface area contributed by atoms with Crippen LogP contribution in [0.25, 0.3) is 0 Å². The maximum absolute atomic E-state index is 5.51. The summed E-state index contributed by atoms with van der Waals surface area (Å²) in [5, 5.41) is 3.09. The van der Waals surface area contributed by atoms with E-state index in [9.17, 15) is 0 Å². The Hall–Kier alpha value is -1.18. The van der Waals surface area contributed by atoms with E-state index in [0.717, 1.165) is 18.0 Å². The molecule has 1 aromatic carbocycles.